The van der Waals surface area contributed by atoms with Crippen LogP contribution >= 0.6 is 22.9 Å². The molecule has 2 rings (SSSR count). The molecule has 2 aromatic rings. The minimum absolute atomic E-state index is 0.0240. The summed E-state index contributed by atoms with van der Waals surface area (Å²) in [5.41, 5.74) is 2.25. The van der Waals surface area contributed by atoms with E-state index >= 15 is 0 Å². The molecular weight excluding hydrogens is 306 g/mol. The number of nitrogens with two attached hydrogens (primary N) is 1. The summed E-state index contributed by atoms with van der Waals surface area (Å²) in [5, 5.41) is 8.67. The van der Waals surface area contributed by atoms with E-state index in [1.54, 1.807) is 11.7 Å². The number of hydrogen-bond donors (Lipinski definition) is 2. The van der Waals surface area contributed by atoms with Gasteiger partial charge in [0.15, 0.2) is 0 Å². The zero-order valence-electron chi connectivity index (χ0n) is 10.00. The molecule has 0 saturated carbocycles. The average Bonchev–Trinajstić information content (AvgIpc) is 2.84. The van der Waals surface area contributed by atoms with E-state index in [0.29, 0.717) is 10.7 Å². The fourth-order valence-electron chi connectivity index (χ4n) is 1.54. The molecule has 1 aromatic heterocycles. The fraction of sp³-hybridized carbons (Fsp3) is 0.182. The molecule has 0 aliphatic heterocycles. The highest BCUT2D eigenvalue weighted by Crippen LogP contribution is 2.29. The van der Waals surface area contributed by atoms with Crippen molar-refractivity contribution in [2.24, 2.45) is 5.14 Å². The van der Waals surface area contributed by atoms with Crippen LogP contribution in [0.2, 0.25) is 5.02 Å². The highest BCUT2D eigenvalue weighted by Gasteiger charge is 2.13. The fourth-order valence-corrected chi connectivity index (χ4v) is 2.88. The molecule has 0 aliphatic carbocycles. The monoisotopic (exact) mass is 317 g/mol. The van der Waals surface area contributed by atoms with Gasteiger partial charge in [-0.15, -0.1) is 11.3 Å². The molecule has 102 valence electrons. The Bertz CT molecular complexity index is 671. The largest absolute Gasteiger partial charge is 0.376 e. The minimum Gasteiger partial charge on any atom is -0.376 e. The maximum atomic E-state index is 11.3. The third-order valence-corrected chi connectivity index (χ3v) is 4.72. The van der Waals surface area contributed by atoms with Crippen LogP contribution in [0, 0.1) is 0 Å². The third-order valence-electron chi connectivity index (χ3n) is 2.52. The molecule has 0 spiro atoms. The maximum Gasteiger partial charge on any atom is 0.238 e. The van der Waals surface area contributed by atoms with Crippen LogP contribution in [-0.4, -0.2) is 13.4 Å². The lowest BCUT2D eigenvalue weighted by molar-refractivity contribution is 0.598. The van der Waals surface area contributed by atoms with Crippen molar-refractivity contribution in [3.8, 4) is 0 Å². The zero-order valence-corrected chi connectivity index (χ0v) is 12.4. The van der Waals surface area contributed by atoms with Crippen LogP contribution in [-0.2, 0) is 10.0 Å². The lowest BCUT2D eigenvalue weighted by Crippen LogP contribution is -2.13. The van der Waals surface area contributed by atoms with E-state index in [0.717, 1.165) is 4.88 Å². The highest BCUT2D eigenvalue weighted by atomic mass is 35.5. The number of nitrogens with one attached hydrogen (secondary N) is 1. The molecule has 0 saturated heterocycles. The van der Waals surface area contributed by atoms with Crippen LogP contribution in [0.1, 0.15) is 17.8 Å². The summed E-state index contributed by atoms with van der Waals surface area (Å²) in [6.45, 7) is 1.94. The first-order chi connectivity index (χ1) is 8.88. The summed E-state index contributed by atoms with van der Waals surface area (Å²) in [4.78, 5) is 5.04. The van der Waals surface area contributed by atoms with E-state index in [4.69, 9.17) is 16.7 Å². The summed E-state index contributed by atoms with van der Waals surface area (Å²) in [5.74, 6) is 0. The van der Waals surface area contributed by atoms with Gasteiger partial charge in [0.25, 0.3) is 0 Å². The summed E-state index contributed by atoms with van der Waals surface area (Å²) in [6.07, 6.45) is 1.75. The maximum absolute atomic E-state index is 11.3. The SMILES string of the molecule is CC(Nc1cc(S(N)(=O)=O)ccc1Cl)c1cncs1. The molecule has 0 fully saturated rings. The van der Waals surface area contributed by atoms with Gasteiger partial charge in [-0.05, 0) is 25.1 Å². The predicted octanol–water partition coefficient (Wildman–Crippen LogP) is 2.62. The summed E-state index contributed by atoms with van der Waals surface area (Å²) >= 11 is 7.55. The topological polar surface area (TPSA) is 85.1 Å². The number of thiazole rings is 1. The number of primary sulfonamides is 1. The quantitative estimate of drug-likeness (QED) is 0.907. The number of halogens is 1. The molecule has 19 heavy (non-hydrogen) atoms. The molecule has 0 aliphatic rings. The first kappa shape index (κ1) is 14.3. The predicted molar refractivity (Wildman–Crippen MR) is 77.0 cm³/mol. The molecule has 1 aromatic carbocycles. The van der Waals surface area contributed by atoms with E-state index in [9.17, 15) is 8.42 Å². The second kappa shape index (κ2) is 5.46. The summed E-state index contributed by atoms with van der Waals surface area (Å²) < 4.78 is 22.6. The Hall–Kier alpha value is -1.15. The van der Waals surface area contributed by atoms with Crippen LogP contribution in [0.3, 0.4) is 0 Å². The Balaban J connectivity index is 2.30. The Morgan fingerprint density at radius 2 is 2.21 bits per heavy atom. The van der Waals surface area contributed by atoms with Gasteiger partial charge >= 0.3 is 0 Å². The molecule has 3 N–H and O–H groups in total. The van der Waals surface area contributed by atoms with Gasteiger partial charge in [0.2, 0.25) is 10.0 Å². The standard InChI is InChI=1S/C11H12ClN3O2S2/c1-7(11-5-14-6-18-11)15-10-4-8(19(13,16)17)2-3-9(10)12/h2-7,15H,1H3,(H2,13,16,17). The van der Waals surface area contributed by atoms with Crippen LogP contribution in [0.5, 0.6) is 0 Å². The minimum atomic E-state index is -3.74. The highest BCUT2D eigenvalue weighted by molar-refractivity contribution is 7.89. The average molecular weight is 318 g/mol. The molecule has 1 unspecified atom stereocenters. The van der Waals surface area contributed by atoms with Crippen LogP contribution in [0.15, 0.2) is 34.8 Å². The number of anilines is 1. The van der Waals surface area contributed by atoms with Crippen molar-refractivity contribution >= 4 is 38.6 Å². The van der Waals surface area contributed by atoms with E-state index in [2.05, 4.69) is 10.3 Å². The molecule has 8 heteroatoms. The van der Waals surface area contributed by atoms with E-state index in [-0.39, 0.29) is 10.9 Å². The second-order valence-corrected chi connectivity index (χ2v) is 6.84. The summed E-state index contributed by atoms with van der Waals surface area (Å²) in [7, 11) is -3.74. The lowest BCUT2D eigenvalue weighted by Gasteiger charge is -2.15. The number of aromatic nitrogens is 1. The number of rotatable bonds is 4. The Morgan fingerprint density at radius 1 is 1.47 bits per heavy atom. The molecule has 0 amide bonds. The van der Waals surface area contributed by atoms with Gasteiger partial charge in [-0.3, -0.25) is 4.98 Å². The Kier molecular flexibility index (Phi) is 4.10. The normalized spacial score (nSPS) is 13.2. The van der Waals surface area contributed by atoms with Gasteiger partial charge in [0.1, 0.15) is 0 Å². The Labute approximate surface area is 120 Å². The number of sulfonamides is 1. The van der Waals surface area contributed by atoms with Crippen molar-refractivity contribution in [1.29, 1.82) is 0 Å². The lowest BCUT2D eigenvalue weighted by atomic mass is 10.2. The number of hydrogen-bond acceptors (Lipinski definition) is 5. The Morgan fingerprint density at radius 3 is 2.79 bits per heavy atom. The van der Waals surface area contributed by atoms with E-state index in [1.807, 2.05) is 6.92 Å². The van der Waals surface area contributed by atoms with Crippen LogP contribution < -0.4 is 10.5 Å². The number of benzene rings is 1. The zero-order chi connectivity index (χ0) is 14.0. The van der Waals surface area contributed by atoms with Crippen molar-refractivity contribution in [2.75, 3.05) is 5.32 Å². The van der Waals surface area contributed by atoms with Gasteiger partial charge in [-0.2, -0.15) is 0 Å². The van der Waals surface area contributed by atoms with E-state index in [1.165, 1.54) is 29.5 Å². The van der Waals surface area contributed by atoms with Crippen LogP contribution in [0.25, 0.3) is 0 Å². The molecule has 0 radical (unpaired) electrons. The smallest absolute Gasteiger partial charge is 0.238 e. The van der Waals surface area contributed by atoms with Gasteiger partial charge in [0, 0.05) is 11.1 Å². The van der Waals surface area contributed by atoms with Gasteiger partial charge in [0.05, 0.1) is 27.2 Å². The van der Waals surface area contributed by atoms with Crippen molar-refractivity contribution < 1.29 is 8.42 Å². The van der Waals surface area contributed by atoms with Crippen molar-refractivity contribution in [2.45, 2.75) is 17.9 Å². The number of nitrogens with zero attached hydrogens (tertiary/aromatic N) is 1. The van der Waals surface area contributed by atoms with Gasteiger partial charge in [-0.1, -0.05) is 11.6 Å². The second-order valence-electron chi connectivity index (χ2n) is 3.96. The first-order valence-electron chi connectivity index (χ1n) is 5.35. The molecule has 1 heterocycles. The van der Waals surface area contributed by atoms with E-state index < -0.39 is 10.0 Å². The van der Waals surface area contributed by atoms with Crippen LogP contribution in [0.4, 0.5) is 5.69 Å². The summed E-state index contributed by atoms with van der Waals surface area (Å²) in [6, 6.07) is 4.28. The van der Waals surface area contributed by atoms with Gasteiger partial charge < -0.3 is 5.32 Å². The van der Waals surface area contributed by atoms with Crippen molar-refractivity contribution in [1.82, 2.24) is 4.98 Å². The van der Waals surface area contributed by atoms with Crippen molar-refractivity contribution in [3.05, 3.63) is 39.8 Å². The first-order valence-corrected chi connectivity index (χ1v) is 8.15. The molecule has 1 atom stereocenters. The van der Waals surface area contributed by atoms with Gasteiger partial charge in [-0.25, -0.2) is 13.6 Å². The molecule has 0 bridgehead atoms. The molecular formula is C11H12ClN3O2S2. The third kappa shape index (κ3) is 3.44. The molecule has 5 nitrogen and oxygen atoms in total. The van der Waals surface area contributed by atoms with Crippen molar-refractivity contribution in [3.63, 3.8) is 0 Å².